The summed E-state index contributed by atoms with van der Waals surface area (Å²) in [6.07, 6.45) is 2.86. The standard InChI is InChI=1S/C8H7N3O4S2/c12-7(13)5-1-2-6(16-5)17(14,15)11-8-9-3-4-10-8/h1-4H,(H,12,13)(H2,9,10,11). The zero-order chi connectivity index (χ0) is 12.5. The van der Waals surface area contributed by atoms with E-state index in [-0.39, 0.29) is 15.0 Å². The quantitative estimate of drug-likeness (QED) is 0.768. The lowest BCUT2D eigenvalue weighted by Crippen LogP contribution is -2.12. The molecule has 0 aliphatic carbocycles. The van der Waals surface area contributed by atoms with E-state index in [1.54, 1.807) is 0 Å². The summed E-state index contributed by atoms with van der Waals surface area (Å²) < 4.78 is 25.7. The smallest absolute Gasteiger partial charge is 0.345 e. The number of nitrogens with one attached hydrogen (secondary N) is 2. The number of carboxylic acid groups (broad SMARTS) is 1. The Kier molecular flexibility index (Phi) is 2.86. The Balaban J connectivity index is 2.28. The highest BCUT2D eigenvalue weighted by Gasteiger charge is 2.19. The lowest BCUT2D eigenvalue weighted by atomic mass is 10.5. The molecule has 2 aromatic heterocycles. The molecular formula is C8H7N3O4S2. The number of rotatable bonds is 4. The molecule has 0 radical (unpaired) electrons. The number of aromatic amines is 1. The second-order valence-corrected chi connectivity index (χ2v) is 5.96. The Morgan fingerprint density at radius 2 is 2.24 bits per heavy atom. The van der Waals surface area contributed by atoms with Gasteiger partial charge < -0.3 is 10.1 Å². The summed E-state index contributed by atoms with van der Waals surface area (Å²) in [6, 6.07) is 2.48. The molecule has 0 spiro atoms. The molecule has 90 valence electrons. The summed E-state index contributed by atoms with van der Waals surface area (Å²) in [6.45, 7) is 0. The molecule has 2 rings (SSSR count). The van der Waals surface area contributed by atoms with Gasteiger partial charge in [-0.1, -0.05) is 0 Å². The van der Waals surface area contributed by atoms with Crippen LogP contribution in [0, 0.1) is 0 Å². The van der Waals surface area contributed by atoms with Gasteiger partial charge in [-0.05, 0) is 12.1 Å². The maximum Gasteiger partial charge on any atom is 0.345 e. The van der Waals surface area contributed by atoms with Crippen LogP contribution in [-0.4, -0.2) is 29.5 Å². The van der Waals surface area contributed by atoms with Crippen molar-refractivity contribution >= 4 is 33.3 Å². The van der Waals surface area contributed by atoms with Gasteiger partial charge in [0.1, 0.15) is 9.09 Å². The molecule has 2 heterocycles. The first-order valence-corrected chi connectivity index (χ1v) is 6.64. The maximum absolute atomic E-state index is 11.8. The van der Waals surface area contributed by atoms with E-state index in [9.17, 15) is 13.2 Å². The van der Waals surface area contributed by atoms with E-state index in [1.807, 2.05) is 0 Å². The number of imidazole rings is 1. The number of H-pyrrole nitrogens is 1. The third-order valence-corrected chi connectivity index (χ3v) is 4.69. The lowest BCUT2D eigenvalue weighted by molar-refractivity contribution is 0.0702. The monoisotopic (exact) mass is 273 g/mol. The summed E-state index contributed by atoms with van der Waals surface area (Å²) in [5.41, 5.74) is 0. The third kappa shape index (κ3) is 2.45. The van der Waals surface area contributed by atoms with Crippen molar-refractivity contribution in [3.05, 3.63) is 29.4 Å². The summed E-state index contributed by atoms with van der Waals surface area (Å²) >= 11 is 0.678. The molecule has 0 atom stereocenters. The molecule has 0 aliphatic rings. The van der Waals surface area contributed by atoms with Crippen molar-refractivity contribution in [2.24, 2.45) is 0 Å². The Morgan fingerprint density at radius 1 is 1.47 bits per heavy atom. The number of carboxylic acids is 1. The maximum atomic E-state index is 11.8. The van der Waals surface area contributed by atoms with Gasteiger partial charge in [-0.15, -0.1) is 11.3 Å². The fraction of sp³-hybridized carbons (Fsp3) is 0. The number of hydrogen-bond donors (Lipinski definition) is 3. The molecule has 7 nitrogen and oxygen atoms in total. The average molecular weight is 273 g/mol. The van der Waals surface area contributed by atoms with Gasteiger partial charge in [0.05, 0.1) is 0 Å². The minimum absolute atomic E-state index is 0.0372. The van der Waals surface area contributed by atoms with Crippen LogP contribution in [0.15, 0.2) is 28.7 Å². The van der Waals surface area contributed by atoms with Gasteiger partial charge in [-0.3, -0.25) is 0 Å². The second kappa shape index (κ2) is 4.18. The second-order valence-electron chi connectivity index (χ2n) is 2.97. The van der Waals surface area contributed by atoms with Gasteiger partial charge in [-0.2, -0.15) is 0 Å². The van der Waals surface area contributed by atoms with Gasteiger partial charge in [0.2, 0.25) is 5.95 Å². The highest BCUT2D eigenvalue weighted by molar-refractivity contribution is 7.94. The highest BCUT2D eigenvalue weighted by atomic mass is 32.2. The first-order chi connectivity index (χ1) is 7.99. The van der Waals surface area contributed by atoms with Crippen LogP contribution in [0.2, 0.25) is 0 Å². The van der Waals surface area contributed by atoms with Gasteiger partial charge >= 0.3 is 5.97 Å². The molecule has 0 saturated heterocycles. The van der Waals surface area contributed by atoms with E-state index in [4.69, 9.17) is 5.11 Å². The Labute approximate surface area is 100 Å². The minimum Gasteiger partial charge on any atom is -0.477 e. The number of aromatic carboxylic acids is 1. The fourth-order valence-electron chi connectivity index (χ4n) is 1.08. The van der Waals surface area contributed by atoms with Crippen molar-refractivity contribution in [1.29, 1.82) is 0 Å². The van der Waals surface area contributed by atoms with Crippen molar-refractivity contribution in [2.45, 2.75) is 4.21 Å². The van der Waals surface area contributed by atoms with Gasteiger partial charge in [-0.25, -0.2) is 22.9 Å². The van der Waals surface area contributed by atoms with E-state index in [0.717, 1.165) is 0 Å². The van der Waals surface area contributed by atoms with E-state index in [1.165, 1.54) is 24.5 Å². The number of nitrogens with zero attached hydrogens (tertiary/aromatic N) is 1. The largest absolute Gasteiger partial charge is 0.477 e. The molecule has 0 fully saturated rings. The summed E-state index contributed by atoms with van der Waals surface area (Å²) in [5, 5.41) is 8.70. The van der Waals surface area contributed by atoms with Gasteiger partial charge in [0, 0.05) is 12.4 Å². The normalized spacial score (nSPS) is 11.3. The number of thiophene rings is 1. The molecule has 0 amide bonds. The molecular weight excluding hydrogens is 266 g/mol. The van der Waals surface area contributed by atoms with Crippen LogP contribution in [0.5, 0.6) is 0 Å². The number of carbonyl (C=O) groups is 1. The van der Waals surface area contributed by atoms with Crippen LogP contribution in [0.25, 0.3) is 0 Å². The third-order valence-electron chi connectivity index (χ3n) is 1.79. The van der Waals surface area contributed by atoms with Crippen molar-refractivity contribution in [2.75, 3.05) is 4.72 Å². The topological polar surface area (TPSA) is 112 Å². The summed E-state index contributed by atoms with van der Waals surface area (Å²) in [5.74, 6) is -1.08. The predicted molar refractivity (Wildman–Crippen MR) is 60.7 cm³/mol. The Hall–Kier alpha value is -1.87. The first kappa shape index (κ1) is 11.6. The SMILES string of the molecule is O=C(O)c1ccc(S(=O)(=O)Nc2ncc[nH]2)s1. The average Bonchev–Trinajstić information content (AvgIpc) is 2.84. The van der Waals surface area contributed by atoms with Crippen LogP contribution in [0.4, 0.5) is 5.95 Å². The van der Waals surface area contributed by atoms with E-state index in [0.29, 0.717) is 11.3 Å². The van der Waals surface area contributed by atoms with Crippen LogP contribution < -0.4 is 4.72 Å². The molecule has 0 aromatic carbocycles. The zero-order valence-electron chi connectivity index (χ0n) is 8.25. The molecule has 3 N–H and O–H groups in total. The molecule has 0 aliphatic heterocycles. The molecule has 9 heteroatoms. The van der Waals surface area contributed by atoms with Crippen molar-refractivity contribution in [3.8, 4) is 0 Å². The van der Waals surface area contributed by atoms with Crippen LogP contribution >= 0.6 is 11.3 Å². The predicted octanol–water partition coefficient (Wildman–Crippen LogP) is 0.970. The number of hydrogen-bond acceptors (Lipinski definition) is 5. The van der Waals surface area contributed by atoms with E-state index < -0.39 is 16.0 Å². The van der Waals surface area contributed by atoms with Crippen molar-refractivity contribution < 1.29 is 18.3 Å². The molecule has 0 bridgehead atoms. The lowest BCUT2D eigenvalue weighted by Gasteiger charge is -2.01. The van der Waals surface area contributed by atoms with Crippen molar-refractivity contribution in [1.82, 2.24) is 9.97 Å². The van der Waals surface area contributed by atoms with Crippen LogP contribution in [0.1, 0.15) is 9.67 Å². The molecule has 0 saturated carbocycles. The van der Waals surface area contributed by atoms with Gasteiger partial charge in [0.25, 0.3) is 10.0 Å². The number of sulfonamides is 1. The minimum atomic E-state index is -3.78. The van der Waals surface area contributed by atoms with Crippen molar-refractivity contribution in [3.63, 3.8) is 0 Å². The first-order valence-electron chi connectivity index (χ1n) is 4.34. The van der Waals surface area contributed by atoms with Crippen LogP contribution in [0.3, 0.4) is 0 Å². The molecule has 2 aromatic rings. The Bertz CT molecular complexity index is 630. The highest BCUT2D eigenvalue weighted by Crippen LogP contribution is 2.22. The summed E-state index contributed by atoms with van der Waals surface area (Å²) in [4.78, 5) is 16.9. The number of anilines is 1. The Morgan fingerprint density at radius 3 is 2.76 bits per heavy atom. The zero-order valence-corrected chi connectivity index (χ0v) is 9.88. The van der Waals surface area contributed by atoms with Crippen LogP contribution in [-0.2, 0) is 10.0 Å². The summed E-state index contributed by atoms with van der Waals surface area (Å²) in [7, 11) is -3.78. The van der Waals surface area contributed by atoms with E-state index >= 15 is 0 Å². The van der Waals surface area contributed by atoms with Gasteiger partial charge in [0.15, 0.2) is 0 Å². The number of aromatic nitrogens is 2. The van der Waals surface area contributed by atoms with E-state index in [2.05, 4.69) is 14.7 Å². The fourth-order valence-corrected chi connectivity index (χ4v) is 3.20. The molecule has 17 heavy (non-hydrogen) atoms. The molecule has 0 unspecified atom stereocenters.